The third kappa shape index (κ3) is 2.67. The Morgan fingerprint density at radius 3 is 2.70 bits per heavy atom. The maximum absolute atomic E-state index is 12.5. The molecule has 2 aromatic rings. The normalized spacial score (nSPS) is 12.6. The van der Waals surface area contributed by atoms with Crippen molar-refractivity contribution in [3.8, 4) is 0 Å². The minimum absolute atomic E-state index is 0.0925. The zero-order chi connectivity index (χ0) is 14.9. The molecule has 0 aliphatic heterocycles. The molecule has 1 heterocycles. The van der Waals surface area contributed by atoms with Crippen molar-refractivity contribution >= 4 is 45.1 Å². The van der Waals surface area contributed by atoms with Crippen molar-refractivity contribution in [3.05, 3.63) is 27.4 Å². The van der Waals surface area contributed by atoms with Gasteiger partial charge in [0.2, 0.25) is 5.91 Å². The van der Waals surface area contributed by atoms with Crippen LogP contribution in [-0.4, -0.2) is 33.4 Å². The molecule has 0 radical (unpaired) electrons. The zero-order valence-electron chi connectivity index (χ0n) is 11.8. The summed E-state index contributed by atoms with van der Waals surface area (Å²) >= 11 is 8.81. The number of aromatic nitrogens is 2. The third-order valence-electron chi connectivity index (χ3n) is 3.50. The van der Waals surface area contributed by atoms with Crippen molar-refractivity contribution < 1.29 is 4.79 Å². The van der Waals surface area contributed by atoms with Crippen LogP contribution in [0.1, 0.15) is 26.8 Å². The highest BCUT2D eigenvalue weighted by Gasteiger charge is 2.22. The van der Waals surface area contributed by atoms with Gasteiger partial charge in [-0.05, 0) is 51.2 Å². The molecule has 1 aromatic carbocycles. The average molecular weight is 356 g/mol. The summed E-state index contributed by atoms with van der Waals surface area (Å²) in [7, 11) is 0. The Morgan fingerprint density at radius 1 is 1.45 bits per heavy atom. The molecule has 0 fully saturated rings. The molecule has 1 amide bonds. The van der Waals surface area contributed by atoms with E-state index in [0.29, 0.717) is 17.9 Å². The summed E-state index contributed by atoms with van der Waals surface area (Å²) in [5.41, 5.74) is 1.88. The fourth-order valence-electron chi connectivity index (χ4n) is 2.40. The van der Waals surface area contributed by atoms with Gasteiger partial charge in [0.15, 0.2) is 4.77 Å². The van der Waals surface area contributed by atoms with Gasteiger partial charge in [-0.2, -0.15) is 0 Å². The number of carbonyl (C=O) groups is 1. The predicted molar refractivity (Wildman–Crippen MR) is 87.5 cm³/mol. The molecule has 0 bridgehead atoms. The van der Waals surface area contributed by atoms with Crippen molar-refractivity contribution in [3.63, 3.8) is 0 Å². The fraction of sp³-hybridized carbons (Fsp3) is 0.429. The van der Waals surface area contributed by atoms with Crippen molar-refractivity contribution in [1.82, 2.24) is 14.5 Å². The molecule has 1 atom stereocenters. The van der Waals surface area contributed by atoms with E-state index in [9.17, 15) is 4.79 Å². The van der Waals surface area contributed by atoms with Gasteiger partial charge in [0.1, 0.15) is 6.04 Å². The first-order chi connectivity index (χ1) is 9.49. The van der Waals surface area contributed by atoms with Gasteiger partial charge in [0, 0.05) is 17.6 Å². The first kappa shape index (κ1) is 15.3. The molecule has 4 nitrogen and oxygen atoms in total. The molecule has 0 aliphatic carbocycles. The van der Waals surface area contributed by atoms with Gasteiger partial charge >= 0.3 is 0 Å². The van der Waals surface area contributed by atoms with Crippen LogP contribution >= 0.6 is 28.1 Å². The van der Waals surface area contributed by atoms with Crippen LogP contribution in [0.15, 0.2) is 22.7 Å². The number of halogens is 1. The van der Waals surface area contributed by atoms with E-state index in [1.165, 1.54) is 0 Å². The molecule has 1 aromatic heterocycles. The number of hydrogen-bond acceptors (Lipinski definition) is 2. The number of nitrogens with zero attached hydrogens (tertiary/aromatic N) is 2. The van der Waals surface area contributed by atoms with Crippen LogP contribution in [-0.2, 0) is 4.79 Å². The number of likely N-dealkylation sites (N-methyl/N-ethyl adjacent to an activating group) is 1. The molecule has 0 saturated heterocycles. The van der Waals surface area contributed by atoms with E-state index >= 15 is 0 Å². The van der Waals surface area contributed by atoms with E-state index in [1.54, 1.807) is 0 Å². The van der Waals surface area contributed by atoms with Gasteiger partial charge < -0.3 is 14.5 Å². The quantitative estimate of drug-likeness (QED) is 0.845. The third-order valence-corrected chi connectivity index (χ3v) is 4.29. The van der Waals surface area contributed by atoms with Gasteiger partial charge in [-0.1, -0.05) is 15.9 Å². The highest BCUT2D eigenvalue weighted by molar-refractivity contribution is 9.10. The van der Waals surface area contributed by atoms with Crippen molar-refractivity contribution in [2.75, 3.05) is 13.1 Å². The number of aromatic amines is 1. The Labute approximate surface area is 131 Å². The van der Waals surface area contributed by atoms with Crippen LogP contribution < -0.4 is 0 Å². The topological polar surface area (TPSA) is 41.0 Å². The molecule has 1 N–H and O–H groups in total. The highest BCUT2D eigenvalue weighted by atomic mass is 79.9. The van der Waals surface area contributed by atoms with E-state index in [1.807, 2.05) is 48.4 Å². The predicted octanol–water partition coefficient (Wildman–Crippen LogP) is 3.89. The van der Waals surface area contributed by atoms with Crippen LogP contribution in [0.4, 0.5) is 0 Å². The van der Waals surface area contributed by atoms with Crippen LogP contribution in [0.5, 0.6) is 0 Å². The van der Waals surface area contributed by atoms with E-state index in [2.05, 4.69) is 20.9 Å². The van der Waals surface area contributed by atoms with Gasteiger partial charge in [-0.3, -0.25) is 4.79 Å². The Bertz CT molecular complexity index is 687. The average Bonchev–Trinajstić information content (AvgIpc) is 2.74. The lowest BCUT2D eigenvalue weighted by molar-refractivity contribution is -0.133. The Hall–Kier alpha value is -1.14. The first-order valence-electron chi connectivity index (χ1n) is 6.68. The monoisotopic (exact) mass is 355 g/mol. The van der Waals surface area contributed by atoms with E-state index in [-0.39, 0.29) is 11.9 Å². The Kier molecular flexibility index (Phi) is 4.65. The molecular weight excluding hydrogens is 338 g/mol. The lowest BCUT2D eigenvalue weighted by Gasteiger charge is -2.24. The summed E-state index contributed by atoms with van der Waals surface area (Å²) in [6.45, 7) is 7.28. The Balaban J connectivity index is 2.49. The minimum atomic E-state index is -0.308. The largest absolute Gasteiger partial charge is 0.341 e. The number of imidazole rings is 1. The van der Waals surface area contributed by atoms with Crippen molar-refractivity contribution in [2.45, 2.75) is 26.8 Å². The standard InChI is InChI=1S/C14H18BrN3OS/c1-4-17(5-2)13(19)9(3)18-12-7-6-10(15)8-11(12)16-14(18)20/h6-9H,4-5H2,1-3H3,(H,16,20). The van der Waals surface area contributed by atoms with E-state index in [4.69, 9.17) is 12.2 Å². The molecule has 1 unspecified atom stereocenters. The summed E-state index contributed by atoms with van der Waals surface area (Å²) in [6, 6.07) is 5.58. The molecule has 0 aliphatic rings. The number of nitrogens with one attached hydrogen (secondary N) is 1. The molecule has 0 spiro atoms. The molecule has 0 saturated carbocycles. The molecule has 6 heteroatoms. The molecule has 108 valence electrons. The van der Waals surface area contributed by atoms with Gasteiger partial charge in [-0.25, -0.2) is 0 Å². The summed E-state index contributed by atoms with van der Waals surface area (Å²) in [5, 5.41) is 0. The fourth-order valence-corrected chi connectivity index (χ4v) is 3.13. The number of H-pyrrole nitrogens is 1. The maximum Gasteiger partial charge on any atom is 0.245 e. The summed E-state index contributed by atoms with van der Waals surface area (Å²) < 4.78 is 3.44. The number of carbonyl (C=O) groups excluding carboxylic acids is 1. The van der Waals surface area contributed by atoms with Crippen LogP contribution in [0, 0.1) is 4.77 Å². The second kappa shape index (κ2) is 6.10. The van der Waals surface area contributed by atoms with Gasteiger partial charge in [0.05, 0.1) is 11.0 Å². The minimum Gasteiger partial charge on any atom is -0.341 e. The van der Waals surface area contributed by atoms with E-state index < -0.39 is 0 Å². The van der Waals surface area contributed by atoms with Gasteiger partial charge in [-0.15, -0.1) is 0 Å². The second-order valence-corrected chi connectivity index (χ2v) is 5.95. The van der Waals surface area contributed by atoms with Crippen LogP contribution in [0.2, 0.25) is 0 Å². The van der Waals surface area contributed by atoms with Crippen LogP contribution in [0.25, 0.3) is 11.0 Å². The number of fused-ring (bicyclic) bond motifs is 1. The van der Waals surface area contributed by atoms with E-state index in [0.717, 1.165) is 15.5 Å². The summed E-state index contributed by atoms with van der Waals surface area (Å²) in [4.78, 5) is 17.5. The smallest absolute Gasteiger partial charge is 0.245 e. The first-order valence-corrected chi connectivity index (χ1v) is 7.88. The van der Waals surface area contributed by atoms with Crippen molar-refractivity contribution in [1.29, 1.82) is 0 Å². The summed E-state index contributed by atoms with van der Waals surface area (Å²) in [5.74, 6) is 0.0925. The second-order valence-electron chi connectivity index (χ2n) is 4.65. The number of amides is 1. The van der Waals surface area contributed by atoms with Crippen LogP contribution in [0.3, 0.4) is 0 Å². The SMILES string of the molecule is CCN(CC)C(=O)C(C)n1c(=S)[nH]c2cc(Br)ccc21. The maximum atomic E-state index is 12.5. The number of rotatable bonds is 4. The Morgan fingerprint density at radius 2 is 2.10 bits per heavy atom. The van der Waals surface area contributed by atoms with Crippen molar-refractivity contribution in [2.24, 2.45) is 0 Å². The molecule has 2 rings (SSSR count). The number of hydrogen-bond donors (Lipinski definition) is 1. The van der Waals surface area contributed by atoms with Gasteiger partial charge in [0.25, 0.3) is 0 Å². The zero-order valence-corrected chi connectivity index (χ0v) is 14.2. The number of benzene rings is 1. The summed E-state index contributed by atoms with van der Waals surface area (Å²) in [6.07, 6.45) is 0. The highest BCUT2D eigenvalue weighted by Crippen LogP contribution is 2.23. The molecule has 20 heavy (non-hydrogen) atoms. The lowest BCUT2D eigenvalue weighted by Crippen LogP contribution is -2.36. The lowest BCUT2D eigenvalue weighted by atomic mass is 10.2. The molecular formula is C14H18BrN3OS.